The molecule has 0 N–H and O–H groups in total. The van der Waals surface area contributed by atoms with Crippen LogP contribution >= 0.6 is 11.6 Å². The molecule has 8 nitrogen and oxygen atoms in total. The number of methoxy groups -OCH3 is 1. The molecule has 1 fully saturated rings. The van der Waals surface area contributed by atoms with E-state index in [1.165, 1.54) is 42.0 Å². The summed E-state index contributed by atoms with van der Waals surface area (Å²) in [4.78, 5) is 21.7. The molecule has 26 heavy (non-hydrogen) atoms. The molecular weight excluding hydrogens is 380 g/mol. The van der Waals surface area contributed by atoms with Crippen LogP contribution in [0, 0.1) is 0 Å². The van der Waals surface area contributed by atoms with Gasteiger partial charge in [0.15, 0.2) is 0 Å². The van der Waals surface area contributed by atoms with Crippen molar-refractivity contribution in [3.8, 4) is 0 Å². The number of rotatable bonds is 4. The van der Waals surface area contributed by atoms with E-state index in [1.54, 1.807) is 6.07 Å². The molecule has 10 heteroatoms. The highest BCUT2D eigenvalue weighted by molar-refractivity contribution is 7.89. The summed E-state index contributed by atoms with van der Waals surface area (Å²) in [5, 5.41) is 0.338. The Morgan fingerprint density at radius 2 is 1.88 bits per heavy atom. The number of halogens is 1. The lowest BCUT2D eigenvalue weighted by Crippen LogP contribution is -2.48. The third kappa shape index (κ3) is 3.79. The van der Waals surface area contributed by atoms with E-state index >= 15 is 0 Å². The zero-order valence-corrected chi connectivity index (χ0v) is 15.6. The largest absolute Gasteiger partial charge is 0.465 e. The van der Waals surface area contributed by atoms with Crippen molar-refractivity contribution in [2.24, 2.45) is 0 Å². The van der Waals surface area contributed by atoms with E-state index < -0.39 is 16.0 Å². The number of esters is 1. The fourth-order valence-electron chi connectivity index (χ4n) is 2.71. The van der Waals surface area contributed by atoms with E-state index in [2.05, 4.69) is 14.7 Å². The molecular formula is C16H17ClN4O4S. The Balaban J connectivity index is 1.75. The molecule has 1 aliphatic rings. The van der Waals surface area contributed by atoms with E-state index in [0.29, 0.717) is 37.1 Å². The van der Waals surface area contributed by atoms with E-state index in [-0.39, 0.29) is 10.5 Å². The Kier molecular flexibility index (Phi) is 5.40. The Bertz CT molecular complexity index is 914. The molecule has 0 amide bonds. The third-order valence-corrected chi connectivity index (χ3v) is 6.18. The first kappa shape index (κ1) is 18.6. The van der Waals surface area contributed by atoms with Crippen LogP contribution in [-0.2, 0) is 14.8 Å². The van der Waals surface area contributed by atoms with E-state index in [9.17, 15) is 13.2 Å². The normalized spacial score (nSPS) is 15.7. The molecule has 0 spiro atoms. The highest BCUT2D eigenvalue weighted by Crippen LogP contribution is 2.22. The quantitative estimate of drug-likeness (QED) is 0.570. The van der Waals surface area contributed by atoms with E-state index in [1.807, 2.05) is 4.90 Å². The Morgan fingerprint density at radius 1 is 1.15 bits per heavy atom. The summed E-state index contributed by atoms with van der Waals surface area (Å²) in [6.45, 7) is 1.55. The molecule has 2 aromatic rings. The minimum Gasteiger partial charge on any atom is -0.465 e. The highest BCUT2D eigenvalue weighted by atomic mass is 35.5. The molecule has 0 bridgehead atoms. The van der Waals surface area contributed by atoms with Gasteiger partial charge in [0, 0.05) is 32.2 Å². The maximum atomic E-state index is 12.9. The zero-order valence-electron chi connectivity index (χ0n) is 14.0. The molecule has 3 rings (SSSR count). The predicted octanol–water partition coefficient (Wildman–Crippen LogP) is 1.43. The van der Waals surface area contributed by atoms with Gasteiger partial charge in [-0.2, -0.15) is 4.31 Å². The van der Waals surface area contributed by atoms with Crippen LogP contribution in [0.4, 0.5) is 5.82 Å². The summed E-state index contributed by atoms with van der Waals surface area (Å²) in [6, 6.07) is 7.49. The first-order valence-corrected chi connectivity index (χ1v) is 9.64. The van der Waals surface area contributed by atoms with Crippen LogP contribution in [0.5, 0.6) is 0 Å². The lowest BCUT2D eigenvalue weighted by molar-refractivity contribution is 0.0600. The molecule has 0 atom stereocenters. The first-order chi connectivity index (χ1) is 12.4. The molecule has 1 aliphatic heterocycles. The number of anilines is 1. The molecule has 1 saturated heterocycles. The number of aromatic nitrogens is 2. The molecule has 0 aliphatic carbocycles. The molecule has 1 aromatic heterocycles. The van der Waals surface area contributed by atoms with Gasteiger partial charge in [-0.25, -0.2) is 23.2 Å². The molecule has 0 radical (unpaired) electrons. The van der Waals surface area contributed by atoms with Gasteiger partial charge in [-0.15, -0.1) is 0 Å². The average Bonchev–Trinajstić information content (AvgIpc) is 2.67. The van der Waals surface area contributed by atoms with Crippen molar-refractivity contribution in [2.45, 2.75) is 4.90 Å². The van der Waals surface area contributed by atoms with Gasteiger partial charge in [-0.05, 0) is 18.2 Å². The number of carbonyl (C=O) groups is 1. The standard InChI is InChI=1S/C16H17ClN4O4S/c1-25-16(22)12-3-2-4-13(9-12)26(23,24)21-7-5-20(6-8-21)15-10-14(17)18-11-19-15/h2-4,9-11H,5-8H2,1H3. The maximum Gasteiger partial charge on any atom is 0.337 e. The van der Waals surface area contributed by atoms with Crippen LogP contribution in [-0.4, -0.2) is 61.9 Å². The summed E-state index contributed by atoms with van der Waals surface area (Å²) < 4.78 is 31.7. The molecule has 1 aromatic carbocycles. The lowest BCUT2D eigenvalue weighted by atomic mass is 10.2. The van der Waals surface area contributed by atoms with E-state index in [4.69, 9.17) is 11.6 Å². The summed E-state index contributed by atoms with van der Waals surface area (Å²) in [7, 11) is -2.45. The number of hydrogen-bond donors (Lipinski definition) is 0. The summed E-state index contributed by atoms with van der Waals surface area (Å²) in [5.41, 5.74) is 0.197. The van der Waals surface area contributed by atoms with Gasteiger partial charge in [0.2, 0.25) is 10.0 Å². The fourth-order valence-corrected chi connectivity index (χ4v) is 4.32. The SMILES string of the molecule is COC(=O)c1cccc(S(=O)(=O)N2CCN(c3cc(Cl)ncn3)CC2)c1. The smallest absolute Gasteiger partial charge is 0.337 e. The topological polar surface area (TPSA) is 92.7 Å². The average molecular weight is 397 g/mol. The van der Waals surface area contributed by atoms with Crippen molar-refractivity contribution >= 4 is 33.4 Å². The van der Waals surface area contributed by atoms with E-state index in [0.717, 1.165) is 0 Å². The van der Waals surface area contributed by atoms with Crippen molar-refractivity contribution in [1.82, 2.24) is 14.3 Å². The summed E-state index contributed by atoms with van der Waals surface area (Å²) in [5.74, 6) is 0.0854. The van der Waals surface area contributed by atoms with Crippen LogP contribution in [0.15, 0.2) is 41.6 Å². The second kappa shape index (κ2) is 7.56. The van der Waals surface area contributed by atoms with Crippen LogP contribution in [0.3, 0.4) is 0 Å². The van der Waals surface area contributed by atoms with Crippen molar-refractivity contribution in [3.05, 3.63) is 47.4 Å². The number of ether oxygens (including phenoxy) is 1. The predicted molar refractivity (Wildman–Crippen MR) is 95.8 cm³/mol. The number of carbonyl (C=O) groups excluding carboxylic acids is 1. The number of hydrogen-bond acceptors (Lipinski definition) is 7. The van der Waals surface area contributed by atoms with Crippen LogP contribution in [0.25, 0.3) is 0 Å². The van der Waals surface area contributed by atoms with Crippen molar-refractivity contribution in [3.63, 3.8) is 0 Å². The molecule has 0 unspecified atom stereocenters. The third-order valence-electron chi connectivity index (χ3n) is 4.07. The highest BCUT2D eigenvalue weighted by Gasteiger charge is 2.29. The number of sulfonamides is 1. The van der Waals surface area contributed by atoms with Gasteiger partial charge >= 0.3 is 5.97 Å². The van der Waals surface area contributed by atoms with Gasteiger partial charge in [0.25, 0.3) is 0 Å². The zero-order chi connectivity index (χ0) is 18.7. The molecule has 0 saturated carbocycles. The maximum absolute atomic E-state index is 12.9. The van der Waals surface area contributed by atoms with Gasteiger partial charge in [0.1, 0.15) is 17.3 Å². The lowest BCUT2D eigenvalue weighted by Gasteiger charge is -2.34. The fraction of sp³-hybridized carbons (Fsp3) is 0.312. The Morgan fingerprint density at radius 3 is 2.54 bits per heavy atom. The van der Waals surface area contributed by atoms with Gasteiger partial charge < -0.3 is 9.64 Å². The van der Waals surface area contributed by atoms with Crippen molar-refractivity contribution in [2.75, 3.05) is 38.2 Å². The first-order valence-electron chi connectivity index (χ1n) is 7.83. The Hall–Kier alpha value is -2.23. The van der Waals surface area contributed by atoms with Crippen molar-refractivity contribution < 1.29 is 17.9 Å². The molecule has 138 valence electrons. The Labute approximate surface area is 156 Å². The van der Waals surface area contributed by atoms with Crippen molar-refractivity contribution in [1.29, 1.82) is 0 Å². The summed E-state index contributed by atoms with van der Waals surface area (Å²) in [6.07, 6.45) is 1.37. The minimum absolute atomic E-state index is 0.0685. The number of benzene rings is 1. The van der Waals surface area contributed by atoms with Crippen LogP contribution in [0.1, 0.15) is 10.4 Å². The minimum atomic E-state index is -3.70. The second-order valence-corrected chi connectivity index (χ2v) is 7.93. The molecule has 2 heterocycles. The van der Waals surface area contributed by atoms with Crippen LogP contribution < -0.4 is 4.90 Å². The second-order valence-electron chi connectivity index (χ2n) is 5.61. The monoisotopic (exact) mass is 396 g/mol. The number of piperazine rings is 1. The van der Waals surface area contributed by atoms with Gasteiger partial charge in [0.05, 0.1) is 17.6 Å². The van der Waals surface area contributed by atoms with Crippen LogP contribution in [0.2, 0.25) is 5.15 Å². The summed E-state index contributed by atoms with van der Waals surface area (Å²) >= 11 is 5.88. The number of nitrogens with zero attached hydrogens (tertiary/aromatic N) is 4. The van der Waals surface area contributed by atoms with Gasteiger partial charge in [-0.3, -0.25) is 0 Å². The van der Waals surface area contributed by atoms with Gasteiger partial charge in [-0.1, -0.05) is 17.7 Å².